The minimum Gasteiger partial charge on any atom is -0.334 e. The Morgan fingerprint density at radius 2 is 2.12 bits per heavy atom. The van der Waals surface area contributed by atoms with Gasteiger partial charge in [-0.15, -0.1) is 0 Å². The van der Waals surface area contributed by atoms with Gasteiger partial charge in [0.2, 0.25) is 5.91 Å². The fourth-order valence-electron chi connectivity index (χ4n) is 3.35. The Bertz CT molecular complexity index is 762. The standard InChI is InChI=1S/C18H24N4OS/c1-3-5-16-19-20-18(24)22(16)12-17(23)21-11-4-6-15(21)14-9-7-13(2)8-10-14/h7-10,15H,3-6,11-12H2,1-2H3,(H,20,24). The molecule has 1 unspecified atom stereocenters. The van der Waals surface area contributed by atoms with Crippen molar-refractivity contribution in [2.75, 3.05) is 6.54 Å². The number of aromatic amines is 1. The van der Waals surface area contributed by atoms with Crippen LogP contribution < -0.4 is 0 Å². The van der Waals surface area contributed by atoms with Crippen LogP contribution in [0.5, 0.6) is 0 Å². The van der Waals surface area contributed by atoms with E-state index in [0.29, 0.717) is 4.77 Å². The van der Waals surface area contributed by atoms with E-state index in [1.807, 2.05) is 9.47 Å². The number of carbonyl (C=O) groups excluding carboxylic acids is 1. The molecule has 0 bridgehead atoms. The average molecular weight is 344 g/mol. The van der Waals surface area contributed by atoms with Gasteiger partial charge in [-0.3, -0.25) is 14.5 Å². The Labute approximate surface area is 147 Å². The topological polar surface area (TPSA) is 53.9 Å². The van der Waals surface area contributed by atoms with Gasteiger partial charge in [0, 0.05) is 13.0 Å². The van der Waals surface area contributed by atoms with Crippen molar-refractivity contribution >= 4 is 18.1 Å². The van der Waals surface area contributed by atoms with Gasteiger partial charge in [0.25, 0.3) is 0 Å². The second-order valence-electron chi connectivity index (χ2n) is 6.44. The van der Waals surface area contributed by atoms with E-state index in [-0.39, 0.29) is 18.5 Å². The number of hydrogen-bond acceptors (Lipinski definition) is 3. The summed E-state index contributed by atoms with van der Waals surface area (Å²) in [6.45, 7) is 5.26. The van der Waals surface area contributed by atoms with Gasteiger partial charge >= 0.3 is 0 Å². The Kier molecular flexibility index (Phi) is 5.14. The molecule has 24 heavy (non-hydrogen) atoms. The number of hydrogen-bond donors (Lipinski definition) is 1. The quantitative estimate of drug-likeness (QED) is 0.844. The predicted molar refractivity (Wildman–Crippen MR) is 96.3 cm³/mol. The van der Waals surface area contributed by atoms with Crippen LogP contribution in [-0.4, -0.2) is 32.1 Å². The molecule has 0 radical (unpaired) electrons. The summed E-state index contributed by atoms with van der Waals surface area (Å²) in [5.41, 5.74) is 2.46. The van der Waals surface area contributed by atoms with Crippen molar-refractivity contribution in [1.82, 2.24) is 19.7 Å². The molecule has 1 saturated heterocycles. The van der Waals surface area contributed by atoms with Crippen LogP contribution in [0.3, 0.4) is 0 Å². The number of aromatic nitrogens is 3. The zero-order chi connectivity index (χ0) is 17.1. The van der Waals surface area contributed by atoms with Crippen molar-refractivity contribution < 1.29 is 4.79 Å². The van der Waals surface area contributed by atoms with Crippen molar-refractivity contribution in [3.05, 3.63) is 46.0 Å². The van der Waals surface area contributed by atoms with Crippen LogP contribution in [0.15, 0.2) is 24.3 Å². The average Bonchev–Trinajstić information content (AvgIpc) is 3.18. The number of carbonyl (C=O) groups is 1. The molecule has 1 N–H and O–H groups in total. The minimum atomic E-state index is 0.118. The molecule has 1 aromatic heterocycles. The summed E-state index contributed by atoms with van der Waals surface area (Å²) < 4.78 is 2.36. The van der Waals surface area contributed by atoms with Gasteiger partial charge in [-0.1, -0.05) is 36.8 Å². The summed E-state index contributed by atoms with van der Waals surface area (Å²) in [7, 11) is 0. The van der Waals surface area contributed by atoms with E-state index in [0.717, 1.165) is 38.1 Å². The summed E-state index contributed by atoms with van der Waals surface area (Å²) in [5, 5.41) is 7.06. The summed E-state index contributed by atoms with van der Waals surface area (Å²) in [6, 6.07) is 8.67. The van der Waals surface area contributed by atoms with E-state index in [2.05, 4.69) is 48.3 Å². The van der Waals surface area contributed by atoms with Gasteiger partial charge in [-0.05, 0) is 44.0 Å². The van der Waals surface area contributed by atoms with Crippen molar-refractivity contribution in [2.24, 2.45) is 0 Å². The van der Waals surface area contributed by atoms with Crippen molar-refractivity contribution in [3.8, 4) is 0 Å². The fraction of sp³-hybridized carbons (Fsp3) is 0.500. The van der Waals surface area contributed by atoms with Gasteiger partial charge in [0.15, 0.2) is 4.77 Å². The van der Waals surface area contributed by atoms with Crippen LogP contribution in [0.2, 0.25) is 0 Å². The van der Waals surface area contributed by atoms with E-state index in [9.17, 15) is 4.79 Å². The first-order chi connectivity index (χ1) is 11.6. The van der Waals surface area contributed by atoms with E-state index in [4.69, 9.17) is 12.2 Å². The number of rotatable bonds is 5. The molecule has 2 aromatic rings. The minimum absolute atomic E-state index is 0.118. The molecule has 2 heterocycles. The monoisotopic (exact) mass is 344 g/mol. The summed E-state index contributed by atoms with van der Waals surface area (Å²) in [6.07, 6.45) is 3.86. The number of likely N-dealkylation sites (tertiary alicyclic amines) is 1. The Hall–Kier alpha value is -1.95. The molecule has 6 heteroatoms. The Balaban J connectivity index is 1.78. The highest BCUT2D eigenvalue weighted by Crippen LogP contribution is 2.32. The Morgan fingerprint density at radius 3 is 2.83 bits per heavy atom. The lowest BCUT2D eigenvalue weighted by Crippen LogP contribution is -2.33. The molecule has 0 aliphatic carbocycles. The molecule has 0 saturated carbocycles. The maximum atomic E-state index is 12.9. The van der Waals surface area contributed by atoms with Gasteiger partial charge in [-0.2, -0.15) is 5.10 Å². The molecular formula is C18H24N4OS. The van der Waals surface area contributed by atoms with E-state index < -0.39 is 0 Å². The highest BCUT2D eigenvalue weighted by molar-refractivity contribution is 7.71. The van der Waals surface area contributed by atoms with E-state index in [1.54, 1.807) is 0 Å². The van der Waals surface area contributed by atoms with Crippen LogP contribution >= 0.6 is 12.2 Å². The second-order valence-corrected chi connectivity index (χ2v) is 6.82. The largest absolute Gasteiger partial charge is 0.334 e. The van der Waals surface area contributed by atoms with Crippen molar-refractivity contribution in [3.63, 3.8) is 0 Å². The highest BCUT2D eigenvalue weighted by atomic mass is 32.1. The highest BCUT2D eigenvalue weighted by Gasteiger charge is 2.30. The van der Waals surface area contributed by atoms with Crippen molar-refractivity contribution in [1.29, 1.82) is 0 Å². The molecule has 1 atom stereocenters. The molecule has 1 aliphatic heterocycles. The van der Waals surface area contributed by atoms with Gasteiger partial charge in [-0.25, -0.2) is 0 Å². The van der Waals surface area contributed by atoms with Gasteiger partial charge in [0.1, 0.15) is 12.4 Å². The van der Waals surface area contributed by atoms with Gasteiger partial charge < -0.3 is 4.90 Å². The fourth-order valence-corrected chi connectivity index (χ4v) is 3.57. The maximum Gasteiger partial charge on any atom is 0.243 e. The molecule has 1 fully saturated rings. The van der Waals surface area contributed by atoms with E-state index >= 15 is 0 Å². The normalized spacial score (nSPS) is 17.4. The van der Waals surface area contributed by atoms with Crippen LogP contribution in [0.1, 0.15) is 49.2 Å². The number of benzene rings is 1. The molecule has 5 nitrogen and oxygen atoms in total. The SMILES string of the molecule is CCCc1n[nH]c(=S)n1CC(=O)N1CCCC1c1ccc(C)cc1. The first-order valence-electron chi connectivity index (χ1n) is 8.60. The number of amides is 1. The first kappa shape index (κ1) is 16.9. The lowest BCUT2D eigenvalue weighted by atomic mass is 10.0. The third-order valence-corrected chi connectivity index (χ3v) is 4.95. The molecular weight excluding hydrogens is 320 g/mol. The second kappa shape index (κ2) is 7.30. The maximum absolute atomic E-state index is 12.9. The molecule has 128 valence electrons. The predicted octanol–water partition coefficient (Wildman–Crippen LogP) is 3.57. The molecule has 0 spiro atoms. The zero-order valence-corrected chi connectivity index (χ0v) is 15.1. The van der Waals surface area contributed by atoms with Crippen LogP contribution in [0.4, 0.5) is 0 Å². The summed E-state index contributed by atoms with van der Waals surface area (Å²) in [5.74, 6) is 0.981. The third-order valence-electron chi connectivity index (χ3n) is 4.64. The van der Waals surface area contributed by atoms with Crippen LogP contribution in [-0.2, 0) is 17.8 Å². The van der Waals surface area contributed by atoms with Crippen molar-refractivity contribution in [2.45, 2.75) is 52.1 Å². The number of aryl methyl sites for hydroxylation is 2. The lowest BCUT2D eigenvalue weighted by molar-refractivity contribution is -0.132. The lowest BCUT2D eigenvalue weighted by Gasteiger charge is -2.25. The smallest absolute Gasteiger partial charge is 0.243 e. The summed E-state index contributed by atoms with van der Waals surface area (Å²) in [4.78, 5) is 14.9. The molecule has 1 aliphatic rings. The zero-order valence-electron chi connectivity index (χ0n) is 14.3. The summed E-state index contributed by atoms with van der Waals surface area (Å²) >= 11 is 5.29. The van der Waals surface area contributed by atoms with Crippen LogP contribution in [0, 0.1) is 11.7 Å². The Morgan fingerprint density at radius 1 is 1.38 bits per heavy atom. The molecule has 3 rings (SSSR count). The number of nitrogens with zero attached hydrogens (tertiary/aromatic N) is 3. The van der Waals surface area contributed by atoms with Gasteiger partial charge in [0.05, 0.1) is 6.04 Å². The van der Waals surface area contributed by atoms with E-state index in [1.165, 1.54) is 11.1 Å². The third kappa shape index (κ3) is 3.43. The molecule has 1 amide bonds. The number of H-pyrrole nitrogens is 1. The molecule has 1 aromatic carbocycles. The first-order valence-corrected chi connectivity index (χ1v) is 9.01. The van der Waals surface area contributed by atoms with Crippen LogP contribution in [0.25, 0.3) is 0 Å². The number of nitrogens with one attached hydrogen (secondary N) is 1.